The van der Waals surface area contributed by atoms with Crippen LogP contribution >= 0.6 is 11.6 Å². The van der Waals surface area contributed by atoms with Crippen LogP contribution in [0.4, 0.5) is 4.39 Å². The van der Waals surface area contributed by atoms with Gasteiger partial charge in [0.2, 0.25) is 0 Å². The topological polar surface area (TPSA) is 38.7 Å². The van der Waals surface area contributed by atoms with Gasteiger partial charge in [0.05, 0.1) is 6.61 Å². The second-order valence-electron chi connectivity index (χ2n) is 2.55. The van der Waals surface area contributed by atoms with Crippen LogP contribution in [0.25, 0.3) is 0 Å². The minimum absolute atomic E-state index is 0.124. The van der Waals surface area contributed by atoms with Gasteiger partial charge in [0.25, 0.3) is 0 Å². The highest BCUT2D eigenvalue weighted by atomic mass is 35.5. The molecule has 78 valence electrons. The van der Waals surface area contributed by atoms with Crippen molar-refractivity contribution in [3.63, 3.8) is 0 Å². The number of ether oxygens (including phenoxy) is 2. The number of methoxy groups -OCH3 is 1. The van der Waals surface area contributed by atoms with E-state index in [2.05, 4.69) is 0 Å². The van der Waals surface area contributed by atoms with E-state index < -0.39 is 11.6 Å². The van der Waals surface area contributed by atoms with E-state index in [1.165, 1.54) is 13.2 Å². The Labute approximate surface area is 86.0 Å². The maximum atomic E-state index is 12.7. The summed E-state index contributed by atoms with van der Waals surface area (Å²) in [6.45, 7) is 0.690. The third kappa shape index (κ3) is 2.49. The van der Waals surface area contributed by atoms with E-state index in [-0.39, 0.29) is 10.8 Å². The minimum Gasteiger partial charge on any atom is -0.504 e. The average molecular weight is 221 g/mol. The summed E-state index contributed by atoms with van der Waals surface area (Å²) < 4.78 is 22.6. The van der Waals surface area contributed by atoms with Gasteiger partial charge >= 0.3 is 0 Å². The largest absolute Gasteiger partial charge is 0.504 e. The summed E-state index contributed by atoms with van der Waals surface area (Å²) in [5.74, 6) is -1.13. The highest BCUT2D eigenvalue weighted by Gasteiger charge is 2.11. The number of hydrogen-bond acceptors (Lipinski definition) is 3. The molecule has 3 nitrogen and oxygen atoms in total. The van der Waals surface area contributed by atoms with Crippen molar-refractivity contribution in [2.24, 2.45) is 0 Å². The first-order chi connectivity index (χ1) is 6.66. The average Bonchev–Trinajstić information content (AvgIpc) is 2.18. The molecule has 0 saturated carbocycles. The van der Waals surface area contributed by atoms with Crippen LogP contribution in [0.5, 0.6) is 11.5 Å². The molecule has 14 heavy (non-hydrogen) atoms. The zero-order chi connectivity index (χ0) is 10.6. The van der Waals surface area contributed by atoms with Crippen molar-refractivity contribution in [2.75, 3.05) is 20.3 Å². The Kier molecular flexibility index (Phi) is 3.98. The van der Waals surface area contributed by atoms with Gasteiger partial charge in [0, 0.05) is 7.11 Å². The maximum absolute atomic E-state index is 12.7. The Balaban J connectivity index is 2.73. The summed E-state index contributed by atoms with van der Waals surface area (Å²) in [5, 5.41) is 9.00. The van der Waals surface area contributed by atoms with Crippen LogP contribution in [0, 0.1) is 5.82 Å². The number of phenols is 1. The molecule has 1 aromatic rings. The molecule has 0 aliphatic carbocycles. The van der Waals surface area contributed by atoms with Gasteiger partial charge in [-0.15, -0.1) is 0 Å². The van der Waals surface area contributed by atoms with Crippen LogP contribution in [0.3, 0.4) is 0 Å². The highest BCUT2D eigenvalue weighted by Crippen LogP contribution is 2.34. The van der Waals surface area contributed by atoms with E-state index in [0.29, 0.717) is 13.2 Å². The van der Waals surface area contributed by atoms with Crippen LogP contribution in [-0.4, -0.2) is 25.4 Å². The SMILES string of the molecule is COCCOc1ccc(F)c(O)c1Cl. The van der Waals surface area contributed by atoms with Gasteiger partial charge in [-0.2, -0.15) is 0 Å². The van der Waals surface area contributed by atoms with Gasteiger partial charge in [-0.1, -0.05) is 11.6 Å². The first-order valence-corrected chi connectivity index (χ1v) is 4.33. The summed E-state index contributed by atoms with van der Waals surface area (Å²) in [6.07, 6.45) is 0. The molecule has 0 amide bonds. The molecule has 0 heterocycles. The summed E-state index contributed by atoms with van der Waals surface area (Å²) in [5.41, 5.74) is 0. The molecular weight excluding hydrogens is 211 g/mol. The molecule has 0 unspecified atom stereocenters. The Morgan fingerprint density at radius 1 is 1.43 bits per heavy atom. The molecule has 5 heteroatoms. The molecule has 0 radical (unpaired) electrons. The first kappa shape index (κ1) is 11.1. The van der Waals surface area contributed by atoms with Gasteiger partial charge in [0.15, 0.2) is 11.6 Å². The predicted molar refractivity (Wildman–Crippen MR) is 50.4 cm³/mol. The fraction of sp³-hybridized carbons (Fsp3) is 0.333. The van der Waals surface area contributed by atoms with E-state index in [0.717, 1.165) is 6.07 Å². The minimum atomic E-state index is -0.769. The number of benzene rings is 1. The smallest absolute Gasteiger partial charge is 0.174 e. The zero-order valence-electron chi connectivity index (χ0n) is 7.59. The van der Waals surface area contributed by atoms with Crippen molar-refractivity contribution in [3.05, 3.63) is 23.0 Å². The lowest BCUT2D eigenvalue weighted by Crippen LogP contribution is -2.04. The lowest BCUT2D eigenvalue weighted by Gasteiger charge is -2.08. The summed E-state index contributed by atoms with van der Waals surface area (Å²) in [4.78, 5) is 0. The molecule has 0 bridgehead atoms. The van der Waals surface area contributed by atoms with Gasteiger partial charge in [-0.3, -0.25) is 0 Å². The summed E-state index contributed by atoms with van der Waals surface area (Å²) >= 11 is 5.62. The van der Waals surface area contributed by atoms with Crippen molar-refractivity contribution in [1.29, 1.82) is 0 Å². The van der Waals surface area contributed by atoms with Gasteiger partial charge in [0.1, 0.15) is 17.4 Å². The first-order valence-electron chi connectivity index (χ1n) is 3.95. The van der Waals surface area contributed by atoms with Crippen molar-refractivity contribution in [1.82, 2.24) is 0 Å². The highest BCUT2D eigenvalue weighted by molar-refractivity contribution is 6.33. The normalized spacial score (nSPS) is 10.2. The van der Waals surface area contributed by atoms with Crippen molar-refractivity contribution in [2.45, 2.75) is 0 Å². The molecule has 0 spiro atoms. The monoisotopic (exact) mass is 220 g/mol. The van der Waals surface area contributed by atoms with Crippen molar-refractivity contribution in [3.8, 4) is 11.5 Å². The molecule has 0 saturated heterocycles. The standard InChI is InChI=1S/C9H10ClFO3/c1-13-4-5-14-7-3-2-6(11)9(12)8(7)10/h2-3,12H,4-5H2,1H3. The van der Waals surface area contributed by atoms with Crippen molar-refractivity contribution >= 4 is 11.6 Å². The molecule has 0 aromatic heterocycles. The van der Waals surface area contributed by atoms with Gasteiger partial charge in [-0.05, 0) is 12.1 Å². The maximum Gasteiger partial charge on any atom is 0.174 e. The molecule has 0 aliphatic rings. The van der Waals surface area contributed by atoms with Crippen LogP contribution in [-0.2, 0) is 4.74 Å². The quantitative estimate of drug-likeness (QED) is 0.791. The lowest BCUT2D eigenvalue weighted by atomic mass is 10.3. The van der Waals surface area contributed by atoms with Crippen LogP contribution in [0.2, 0.25) is 5.02 Å². The zero-order valence-corrected chi connectivity index (χ0v) is 8.34. The number of aromatic hydroxyl groups is 1. The van der Waals surface area contributed by atoms with E-state index in [1.807, 2.05) is 0 Å². The molecule has 0 aliphatic heterocycles. The van der Waals surface area contributed by atoms with E-state index >= 15 is 0 Å². The fourth-order valence-electron chi connectivity index (χ4n) is 0.869. The second kappa shape index (κ2) is 5.02. The van der Waals surface area contributed by atoms with E-state index in [4.69, 9.17) is 26.2 Å². The van der Waals surface area contributed by atoms with E-state index in [1.54, 1.807) is 0 Å². The molecule has 0 atom stereocenters. The predicted octanol–water partition coefficient (Wildman–Crippen LogP) is 2.21. The molecular formula is C9H10ClFO3. The second-order valence-corrected chi connectivity index (χ2v) is 2.93. The Bertz CT molecular complexity index is 317. The number of halogens is 2. The number of rotatable bonds is 4. The van der Waals surface area contributed by atoms with Crippen LogP contribution in [0.15, 0.2) is 12.1 Å². The molecule has 0 fully saturated rings. The summed E-state index contributed by atoms with van der Waals surface area (Å²) in [7, 11) is 1.53. The molecule has 1 rings (SSSR count). The number of phenolic OH excluding ortho intramolecular Hbond substituents is 1. The summed E-state index contributed by atoms with van der Waals surface area (Å²) in [6, 6.07) is 2.44. The van der Waals surface area contributed by atoms with E-state index in [9.17, 15) is 4.39 Å². The van der Waals surface area contributed by atoms with Gasteiger partial charge < -0.3 is 14.6 Å². The van der Waals surface area contributed by atoms with Gasteiger partial charge in [-0.25, -0.2) is 4.39 Å². The molecule has 1 N–H and O–H groups in total. The molecule has 1 aromatic carbocycles. The third-order valence-corrected chi connectivity index (χ3v) is 1.94. The Morgan fingerprint density at radius 2 is 2.14 bits per heavy atom. The van der Waals surface area contributed by atoms with Crippen LogP contribution < -0.4 is 4.74 Å². The third-order valence-electron chi connectivity index (χ3n) is 1.58. The lowest BCUT2D eigenvalue weighted by molar-refractivity contribution is 0.146. The fourth-order valence-corrected chi connectivity index (χ4v) is 1.08. The Hall–Kier alpha value is -1.00. The Morgan fingerprint density at radius 3 is 2.79 bits per heavy atom. The van der Waals surface area contributed by atoms with Crippen molar-refractivity contribution < 1.29 is 19.0 Å². The van der Waals surface area contributed by atoms with Crippen LogP contribution in [0.1, 0.15) is 0 Å². The number of hydrogen-bond donors (Lipinski definition) is 1.